The van der Waals surface area contributed by atoms with Crippen LogP contribution in [0.15, 0.2) is 18.2 Å². The number of alkyl halides is 3. The molecule has 0 spiro atoms. The Morgan fingerprint density at radius 2 is 1.92 bits per heavy atom. The SMILES string of the molecule is COc1cccc(C2CN(C(=O)CCC(F)(F)F)CC2C(=O)O)c1OC. The molecule has 2 rings (SSSR count). The van der Waals surface area contributed by atoms with Crippen molar-refractivity contribution in [2.24, 2.45) is 5.92 Å². The zero-order valence-corrected chi connectivity index (χ0v) is 14.4. The number of para-hydroxylation sites is 1. The van der Waals surface area contributed by atoms with Gasteiger partial charge < -0.3 is 19.5 Å². The van der Waals surface area contributed by atoms with Crippen LogP contribution in [0, 0.1) is 5.92 Å². The molecule has 1 amide bonds. The monoisotopic (exact) mass is 375 g/mol. The summed E-state index contributed by atoms with van der Waals surface area (Å²) in [6.07, 6.45) is -6.36. The number of nitrogens with zero attached hydrogens (tertiary/aromatic N) is 1. The van der Waals surface area contributed by atoms with Gasteiger partial charge in [0.25, 0.3) is 0 Å². The van der Waals surface area contributed by atoms with E-state index in [1.807, 2.05) is 0 Å². The van der Waals surface area contributed by atoms with Crippen molar-refractivity contribution in [1.29, 1.82) is 0 Å². The first-order valence-corrected chi connectivity index (χ1v) is 7.96. The molecular weight excluding hydrogens is 355 g/mol. The molecule has 1 aromatic carbocycles. The van der Waals surface area contributed by atoms with Crippen LogP contribution in [0.3, 0.4) is 0 Å². The average molecular weight is 375 g/mol. The molecule has 1 aliphatic heterocycles. The quantitative estimate of drug-likeness (QED) is 0.827. The van der Waals surface area contributed by atoms with E-state index in [0.29, 0.717) is 17.1 Å². The van der Waals surface area contributed by atoms with E-state index in [9.17, 15) is 27.9 Å². The Labute approximate surface area is 148 Å². The summed E-state index contributed by atoms with van der Waals surface area (Å²) in [6, 6.07) is 4.99. The van der Waals surface area contributed by atoms with Crippen LogP contribution >= 0.6 is 0 Å². The number of carbonyl (C=O) groups is 2. The van der Waals surface area contributed by atoms with Gasteiger partial charge in [0.15, 0.2) is 11.5 Å². The Bertz CT molecular complexity index is 677. The van der Waals surface area contributed by atoms with Gasteiger partial charge in [-0.3, -0.25) is 9.59 Å². The van der Waals surface area contributed by atoms with E-state index in [1.165, 1.54) is 19.1 Å². The van der Waals surface area contributed by atoms with Crippen molar-refractivity contribution in [3.05, 3.63) is 23.8 Å². The highest BCUT2D eigenvalue weighted by Crippen LogP contribution is 2.42. The van der Waals surface area contributed by atoms with Gasteiger partial charge in [0.2, 0.25) is 5.91 Å². The Morgan fingerprint density at radius 1 is 1.23 bits per heavy atom. The number of rotatable bonds is 6. The number of halogens is 3. The van der Waals surface area contributed by atoms with Gasteiger partial charge in [-0.05, 0) is 6.07 Å². The Kier molecular flexibility index (Phi) is 5.99. The van der Waals surface area contributed by atoms with Gasteiger partial charge >= 0.3 is 12.1 Å². The number of aliphatic carboxylic acids is 1. The van der Waals surface area contributed by atoms with Crippen molar-refractivity contribution in [3.8, 4) is 11.5 Å². The van der Waals surface area contributed by atoms with E-state index in [4.69, 9.17) is 9.47 Å². The summed E-state index contributed by atoms with van der Waals surface area (Å²) in [6.45, 7) is -0.131. The maximum absolute atomic E-state index is 12.3. The van der Waals surface area contributed by atoms with Crippen LogP contribution in [0.25, 0.3) is 0 Å². The van der Waals surface area contributed by atoms with Crippen LogP contribution in [0.2, 0.25) is 0 Å². The second-order valence-corrected chi connectivity index (χ2v) is 6.05. The smallest absolute Gasteiger partial charge is 0.389 e. The Balaban J connectivity index is 2.26. The fourth-order valence-corrected chi connectivity index (χ4v) is 3.18. The third-order valence-electron chi connectivity index (χ3n) is 4.44. The summed E-state index contributed by atoms with van der Waals surface area (Å²) in [5, 5.41) is 9.50. The van der Waals surface area contributed by atoms with Crippen molar-refractivity contribution >= 4 is 11.9 Å². The normalized spacial score (nSPS) is 20.1. The minimum Gasteiger partial charge on any atom is -0.493 e. The second-order valence-electron chi connectivity index (χ2n) is 6.05. The van der Waals surface area contributed by atoms with Gasteiger partial charge in [0.1, 0.15) is 0 Å². The van der Waals surface area contributed by atoms with Crippen molar-refractivity contribution in [2.75, 3.05) is 27.3 Å². The molecule has 144 valence electrons. The number of hydrogen-bond donors (Lipinski definition) is 1. The van der Waals surface area contributed by atoms with Gasteiger partial charge in [-0.25, -0.2) is 0 Å². The predicted octanol–water partition coefficient (Wildman–Crippen LogP) is 2.67. The maximum atomic E-state index is 12.3. The number of amides is 1. The largest absolute Gasteiger partial charge is 0.493 e. The molecule has 9 heteroatoms. The molecule has 0 aliphatic carbocycles. The number of hydrogen-bond acceptors (Lipinski definition) is 4. The fourth-order valence-electron chi connectivity index (χ4n) is 3.18. The topological polar surface area (TPSA) is 76.1 Å². The number of carboxylic acids is 1. The lowest BCUT2D eigenvalue weighted by atomic mass is 9.88. The molecule has 0 bridgehead atoms. The summed E-state index contributed by atoms with van der Waals surface area (Å²) in [7, 11) is 2.86. The predicted molar refractivity (Wildman–Crippen MR) is 85.3 cm³/mol. The highest BCUT2D eigenvalue weighted by atomic mass is 19.4. The molecule has 1 saturated heterocycles. The van der Waals surface area contributed by atoms with Gasteiger partial charge in [-0.1, -0.05) is 12.1 Å². The summed E-state index contributed by atoms with van der Waals surface area (Å²) in [4.78, 5) is 24.9. The third-order valence-corrected chi connectivity index (χ3v) is 4.44. The van der Waals surface area contributed by atoms with Crippen molar-refractivity contribution in [3.63, 3.8) is 0 Å². The Hall–Kier alpha value is -2.45. The van der Waals surface area contributed by atoms with E-state index in [2.05, 4.69) is 0 Å². The molecule has 26 heavy (non-hydrogen) atoms. The molecule has 0 saturated carbocycles. The van der Waals surface area contributed by atoms with Gasteiger partial charge in [-0.15, -0.1) is 0 Å². The summed E-state index contributed by atoms with van der Waals surface area (Å²) in [5.74, 6) is -2.60. The molecule has 2 unspecified atom stereocenters. The second kappa shape index (κ2) is 7.84. The van der Waals surface area contributed by atoms with Crippen LogP contribution in [0.5, 0.6) is 11.5 Å². The molecule has 1 fully saturated rings. The lowest BCUT2D eigenvalue weighted by Gasteiger charge is -2.20. The van der Waals surface area contributed by atoms with E-state index in [-0.39, 0.29) is 13.1 Å². The lowest BCUT2D eigenvalue weighted by Crippen LogP contribution is -2.30. The minimum atomic E-state index is -4.43. The zero-order valence-electron chi connectivity index (χ0n) is 14.4. The van der Waals surface area contributed by atoms with Gasteiger partial charge in [-0.2, -0.15) is 13.2 Å². The summed E-state index contributed by atoms with van der Waals surface area (Å²) < 4.78 is 47.5. The van der Waals surface area contributed by atoms with Crippen LogP contribution in [0.4, 0.5) is 13.2 Å². The highest BCUT2D eigenvalue weighted by Gasteiger charge is 2.42. The number of ether oxygens (including phenoxy) is 2. The number of carbonyl (C=O) groups excluding carboxylic acids is 1. The zero-order chi connectivity index (χ0) is 19.5. The number of carboxylic acid groups (broad SMARTS) is 1. The maximum Gasteiger partial charge on any atom is 0.389 e. The molecule has 2 atom stereocenters. The number of methoxy groups -OCH3 is 2. The average Bonchev–Trinajstić information content (AvgIpc) is 3.03. The first-order chi connectivity index (χ1) is 12.2. The molecule has 1 N–H and O–H groups in total. The fraction of sp³-hybridized carbons (Fsp3) is 0.529. The third kappa shape index (κ3) is 4.39. The van der Waals surface area contributed by atoms with Crippen molar-refractivity contribution in [2.45, 2.75) is 24.9 Å². The summed E-state index contributed by atoms with van der Waals surface area (Å²) in [5.41, 5.74) is 0.547. The van der Waals surface area contributed by atoms with E-state index in [1.54, 1.807) is 18.2 Å². The summed E-state index contributed by atoms with van der Waals surface area (Å²) >= 11 is 0. The van der Waals surface area contributed by atoms with Crippen LogP contribution in [-0.2, 0) is 9.59 Å². The van der Waals surface area contributed by atoms with E-state index >= 15 is 0 Å². The number of likely N-dealkylation sites (tertiary alicyclic amines) is 1. The standard InChI is InChI=1S/C17H20F3NO5/c1-25-13-5-3-4-10(15(13)26-2)11-8-21(9-12(11)16(23)24)14(22)6-7-17(18,19)20/h3-5,11-12H,6-9H2,1-2H3,(H,23,24). The van der Waals surface area contributed by atoms with Crippen molar-refractivity contribution < 1.29 is 37.3 Å². The molecule has 1 aliphatic rings. The van der Waals surface area contributed by atoms with Crippen LogP contribution in [0.1, 0.15) is 24.3 Å². The van der Waals surface area contributed by atoms with Crippen LogP contribution < -0.4 is 9.47 Å². The van der Waals surface area contributed by atoms with Gasteiger partial charge in [0, 0.05) is 31.0 Å². The molecule has 6 nitrogen and oxygen atoms in total. The first kappa shape index (κ1) is 19.9. The molecule has 0 radical (unpaired) electrons. The van der Waals surface area contributed by atoms with Crippen LogP contribution in [-0.4, -0.2) is 55.4 Å². The molecule has 1 aromatic rings. The van der Waals surface area contributed by atoms with E-state index < -0.39 is 42.7 Å². The molecule has 0 aromatic heterocycles. The molecule has 1 heterocycles. The van der Waals surface area contributed by atoms with Crippen molar-refractivity contribution in [1.82, 2.24) is 4.90 Å². The highest BCUT2D eigenvalue weighted by molar-refractivity contribution is 5.80. The minimum absolute atomic E-state index is 0.0111. The van der Waals surface area contributed by atoms with Gasteiger partial charge in [0.05, 0.1) is 26.6 Å². The lowest BCUT2D eigenvalue weighted by molar-refractivity contribution is -0.149. The number of benzene rings is 1. The Morgan fingerprint density at radius 3 is 2.46 bits per heavy atom. The first-order valence-electron chi connectivity index (χ1n) is 7.96. The van der Waals surface area contributed by atoms with E-state index in [0.717, 1.165) is 0 Å². The molecular formula is C17H20F3NO5.